The predicted octanol–water partition coefficient (Wildman–Crippen LogP) is 6.46. The van der Waals surface area contributed by atoms with Crippen LogP contribution >= 0.6 is 0 Å². The van der Waals surface area contributed by atoms with Crippen LogP contribution in [0.15, 0.2) is 65.7 Å². The lowest BCUT2D eigenvalue weighted by molar-refractivity contribution is -0.385. The lowest BCUT2D eigenvalue weighted by Gasteiger charge is -2.13. The molecular weight excluding hydrogens is 459 g/mol. The normalized spacial score (nSPS) is 11.4. The van der Waals surface area contributed by atoms with Crippen molar-refractivity contribution in [2.75, 3.05) is 6.61 Å². The van der Waals surface area contributed by atoms with Gasteiger partial charge in [-0.25, -0.2) is 0 Å². The van der Waals surface area contributed by atoms with Gasteiger partial charge in [0.15, 0.2) is 11.5 Å². The van der Waals surface area contributed by atoms with Crippen LogP contribution < -0.4 is 9.47 Å². The molecule has 0 aromatic heterocycles. The average Bonchev–Trinajstić information content (AvgIpc) is 2.79. The molecule has 3 aromatic rings. The minimum atomic E-state index is -4.75. The lowest BCUT2D eigenvalue weighted by Crippen LogP contribution is -2.06. The van der Waals surface area contributed by atoms with Crippen LogP contribution in [0.4, 0.5) is 30.2 Å². The molecule has 176 valence electrons. The first-order valence-electron chi connectivity index (χ1n) is 9.67. The SMILES string of the molecule is CCOc1cc(C=Nc2ccc([N+](=O)[O-])cc2)ccc1Oc1ccc(C(F)(F)F)cc1[N+](=O)[O-]. The highest BCUT2D eigenvalue weighted by Crippen LogP contribution is 2.40. The average molecular weight is 475 g/mol. The number of hydrogen-bond acceptors (Lipinski definition) is 7. The van der Waals surface area contributed by atoms with E-state index in [2.05, 4.69) is 4.99 Å². The van der Waals surface area contributed by atoms with Crippen molar-refractivity contribution in [3.8, 4) is 17.2 Å². The molecule has 0 aliphatic carbocycles. The number of alkyl halides is 3. The van der Waals surface area contributed by atoms with E-state index < -0.39 is 27.3 Å². The van der Waals surface area contributed by atoms with Gasteiger partial charge in [0.05, 0.1) is 27.7 Å². The van der Waals surface area contributed by atoms with Crippen molar-refractivity contribution >= 4 is 23.3 Å². The summed E-state index contributed by atoms with van der Waals surface area (Å²) in [4.78, 5) is 24.8. The zero-order valence-corrected chi connectivity index (χ0v) is 17.5. The van der Waals surface area contributed by atoms with Crippen LogP contribution in [0.5, 0.6) is 17.2 Å². The van der Waals surface area contributed by atoms with Gasteiger partial charge in [-0.2, -0.15) is 13.2 Å². The molecule has 3 aromatic carbocycles. The van der Waals surface area contributed by atoms with Gasteiger partial charge in [0.2, 0.25) is 5.75 Å². The second-order valence-electron chi connectivity index (χ2n) is 6.71. The molecule has 0 atom stereocenters. The van der Waals surface area contributed by atoms with Crippen molar-refractivity contribution in [3.63, 3.8) is 0 Å². The third kappa shape index (κ3) is 5.85. The highest BCUT2D eigenvalue weighted by molar-refractivity contribution is 5.83. The highest BCUT2D eigenvalue weighted by Gasteiger charge is 2.33. The molecule has 0 bridgehead atoms. The quantitative estimate of drug-likeness (QED) is 0.210. The summed E-state index contributed by atoms with van der Waals surface area (Å²) in [6.07, 6.45) is -3.28. The summed E-state index contributed by atoms with van der Waals surface area (Å²) in [5, 5.41) is 22.0. The van der Waals surface area contributed by atoms with Crippen LogP contribution in [0, 0.1) is 20.2 Å². The summed E-state index contributed by atoms with van der Waals surface area (Å²) in [5.41, 5.74) is -1.08. The first-order valence-corrected chi connectivity index (χ1v) is 9.67. The topological polar surface area (TPSA) is 117 Å². The van der Waals surface area contributed by atoms with E-state index in [4.69, 9.17) is 9.47 Å². The van der Waals surface area contributed by atoms with Gasteiger partial charge < -0.3 is 9.47 Å². The summed E-state index contributed by atoms with van der Waals surface area (Å²) in [5.74, 6) is -0.146. The molecular formula is C22H16F3N3O6. The molecule has 0 saturated carbocycles. The van der Waals surface area contributed by atoms with Crippen molar-refractivity contribution in [2.45, 2.75) is 13.1 Å². The lowest BCUT2D eigenvalue weighted by atomic mass is 10.1. The first-order chi connectivity index (χ1) is 16.1. The van der Waals surface area contributed by atoms with Gasteiger partial charge in [-0.3, -0.25) is 25.2 Å². The molecule has 0 unspecified atom stereocenters. The number of nitro groups is 2. The van der Waals surface area contributed by atoms with Gasteiger partial charge in [-0.05, 0) is 55.0 Å². The van der Waals surface area contributed by atoms with E-state index in [9.17, 15) is 33.4 Å². The number of ether oxygens (including phenoxy) is 2. The van der Waals surface area contributed by atoms with E-state index in [1.54, 1.807) is 13.0 Å². The van der Waals surface area contributed by atoms with Gasteiger partial charge in [0.1, 0.15) is 0 Å². The molecule has 0 fully saturated rings. The number of non-ortho nitro benzene ring substituents is 1. The molecule has 0 spiro atoms. The molecule has 0 aliphatic rings. The number of nitrogens with zero attached hydrogens (tertiary/aromatic N) is 3. The minimum absolute atomic E-state index is 0.0530. The summed E-state index contributed by atoms with van der Waals surface area (Å²) in [6, 6.07) is 12.1. The summed E-state index contributed by atoms with van der Waals surface area (Å²) in [6.45, 7) is 1.91. The van der Waals surface area contributed by atoms with E-state index in [1.165, 1.54) is 42.6 Å². The number of halogens is 3. The third-order valence-corrected chi connectivity index (χ3v) is 4.39. The van der Waals surface area contributed by atoms with Crippen LogP contribution in [0.25, 0.3) is 0 Å². The Hall–Kier alpha value is -4.48. The van der Waals surface area contributed by atoms with Gasteiger partial charge in [-0.15, -0.1) is 0 Å². The number of benzene rings is 3. The second-order valence-corrected chi connectivity index (χ2v) is 6.71. The Bertz CT molecular complexity index is 1240. The maximum atomic E-state index is 12.9. The molecule has 0 amide bonds. The first kappa shape index (κ1) is 24.2. The number of aliphatic imine (C=N–C) groups is 1. The molecule has 0 saturated heterocycles. The summed E-state index contributed by atoms with van der Waals surface area (Å²) < 4.78 is 49.8. The molecule has 0 radical (unpaired) electrons. The maximum Gasteiger partial charge on any atom is 0.416 e. The molecule has 12 heteroatoms. The molecule has 0 heterocycles. The maximum absolute atomic E-state index is 12.9. The minimum Gasteiger partial charge on any atom is -0.490 e. The Balaban J connectivity index is 1.89. The molecule has 34 heavy (non-hydrogen) atoms. The van der Waals surface area contributed by atoms with Crippen LogP contribution in [-0.4, -0.2) is 22.7 Å². The Labute approximate surface area is 190 Å². The van der Waals surface area contributed by atoms with Crippen LogP contribution in [-0.2, 0) is 6.18 Å². The van der Waals surface area contributed by atoms with E-state index in [1.807, 2.05) is 0 Å². The zero-order valence-electron chi connectivity index (χ0n) is 17.5. The Morgan fingerprint density at radius 1 is 0.912 bits per heavy atom. The van der Waals surface area contributed by atoms with E-state index >= 15 is 0 Å². The van der Waals surface area contributed by atoms with Gasteiger partial charge in [0, 0.05) is 24.4 Å². The molecule has 0 N–H and O–H groups in total. The Morgan fingerprint density at radius 3 is 2.18 bits per heavy atom. The second kappa shape index (κ2) is 9.98. The third-order valence-electron chi connectivity index (χ3n) is 4.39. The Morgan fingerprint density at radius 2 is 1.59 bits per heavy atom. The predicted molar refractivity (Wildman–Crippen MR) is 116 cm³/mol. The fraction of sp³-hybridized carbons (Fsp3) is 0.136. The fourth-order valence-corrected chi connectivity index (χ4v) is 2.81. The van der Waals surface area contributed by atoms with E-state index in [0.717, 1.165) is 6.07 Å². The van der Waals surface area contributed by atoms with Crippen LogP contribution in [0.1, 0.15) is 18.1 Å². The van der Waals surface area contributed by atoms with Crippen molar-refractivity contribution in [3.05, 3.63) is 92.0 Å². The van der Waals surface area contributed by atoms with Crippen LogP contribution in [0.2, 0.25) is 0 Å². The molecule has 9 nitrogen and oxygen atoms in total. The standard InChI is InChI=1S/C22H16F3N3O6/c1-2-33-21-11-14(13-26-16-5-7-17(8-6-16)27(29)30)3-9-20(21)34-19-10-4-15(22(23,24)25)12-18(19)28(31)32/h3-13H,2H2,1H3. The van der Waals surface area contributed by atoms with Crippen molar-refractivity contribution in [2.24, 2.45) is 4.99 Å². The van der Waals surface area contributed by atoms with Gasteiger partial charge in [-0.1, -0.05) is 0 Å². The van der Waals surface area contributed by atoms with Crippen molar-refractivity contribution < 1.29 is 32.5 Å². The van der Waals surface area contributed by atoms with Crippen molar-refractivity contribution in [1.82, 2.24) is 0 Å². The zero-order chi connectivity index (χ0) is 24.9. The highest BCUT2D eigenvalue weighted by atomic mass is 19.4. The number of rotatable bonds is 8. The van der Waals surface area contributed by atoms with Crippen LogP contribution in [0.3, 0.4) is 0 Å². The smallest absolute Gasteiger partial charge is 0.416 e. The summed E-state index contributed by atoms with van der Waals surface area (Å²) in [7, 11) is 0. The monoisotopic (exact) mass is 475 g/mol. The summed E-state index contributed by atoms with van der Waals surface area (Å²) >= 11 is 0. The Kier molecular flexibility index (Phi) is 7.09. The number of nitro benzene ring substituents is 2. The number of hydrogen-bond donors (Lipinski definition) is 0. The van der Waals surface area contributed by atoms with Crippen molar-refractivity contribution in [1.29, 1.82) is 0 Å². The molecule has 0 aliphatic heterocycles. The molecule has 3 rings (SSSR count). The van der Waals surface area contributed by atoms with Gasteiger partial charge in [0.25, 0.3) is 5.69 Å². The largest absolute Gasteiger partial charge is 0.490 e. The van der Waals surface area contributed by atoms with Gasteiger partial charge >= 0.3 is 11.9 Å². The fourth-order valence-electron chi connectivity index (χ4n) is 2.81. The van der Waals surface area contributed by atoms with E-state index in [-0.39, 0.29) is 29.5 Å². The van der Waals surface area contributed by atoms with E-state index in [0.29, 0.717) is 23.4 Å².